The summed E-state index contributed by atoms with van der Waals surface area (Å²) in [6.45, 7) is 0.656. The van der Waals surface area contributed by atoms with Crippen molar-refractivity contribution < 1.29 is 9.66 Å². The lowest BCUT2D eigenvalue weighted by Crippen LogP contribution is -2.06. The van der Waals surface area contributed by atoms with Crippen LogP contribution in [-0.2, 0) is 6.54 Å². The summed E-state index contributed by atoms with van der Waals surface area (Å²) in [7, 11) is 1.84. The monoisotopic (exact) mass is 265 g/mol. The quantitative estimate of drug-likeness (QED) is 0.664. The maximum Gasteiger partial charge on any atom is 0.347 e. The zero-order valence-corrected chi connectivity index (χ0v) is 10.4. The van der Waals surface area contributed by atoms with Gasteiger partial charge in [0, 0.05) is 12.1 Å². The predicted molar refractivity (Wildman–Crippen MR) is 68.0 cm³/mol. The van der Waals surface area contributed by atoms with Gasteiger partial charge in [-0.1, -0.05) is 18.2 Å². The molecule has 0 unspecified atom stereocenters. The number of nitrogens with one attached hydrogen (secondary N) is 1. The molecule has 0 aliphatic heterocycles. The van der Waals surface area contributed by atoms with E-state index >= 15 is 0 Å². The molecule has 0 fully saturated rings. The molecular formula is C11H11N3O3S. The van der Waals surface area contributed by atoms with Gasteiger partial charge in [-0.25, -0.2) is 4.98 Å². The first-order valence-corrected chi connectivity index (χ1v) is 6.03. The van der Waals surface area contributed by atoms with Crippen molar-refractivity contribution in [2.24, 2.45) is 0 Å². The Balaban J connectivity index is 2.19. The van der Waals surface area contributed by atoms with Crippen LogP contribution in [0.2, 0.25) is 0 Å². The summed E-state index contributed by atoms with van der Waals surface area (Å²) in [5, 5.41) is 13.8. The molecule has 0 spiro atoms. The van der Waals surface area contributed by atoms with Crippen molar-refractivity contribution in [3.05, 3.63) is 46.1 Å². The van der Waals surface area contributed by atoms with Crippen molar-refractivity contribution in [3.63, 3.8) is 0 Å². The second kappa shape index (κ2) is 5.56. The summed E-state index contributed by atoms with van der Waals surface area (Å²) in [6, 6.07) is 7.48. The first-order valence-electron chi connectivity index (χ1n) is 5.21. The predicted octanol–water partition coefficient (Wildman–Crippen LogP) is 2.56. The molecule has 0 amide bonds. The molecule has 0 radical (unpaired) electrons. The average Bonchev–Trinajstić information content (AvgIpc) is 2.81. The highest BCUT2D eigenvalue weighted by Gasteiger charge is 2.13. The van der Waals surface area contributed by atoms with Crippen LogP contribution in [-0.4, -0.2) is 17.0 Å². The van der Waals surface area contributed by atoms with Crippen molar-refractivity contribution in [2.75, 3.05) is 7.05 Å². The Bertz CT molecular complexity index is 556. The first kappa shape index (κ1) is 12.5. The van der Waals surface area contributed by atoms with Gasteiger partial charge >= 0.3 is 5.00 Å². The fourth-order valence-electron chi connectivity index (χ4n) is 1.42. The number of hydrogen-bond acceptors (Lipinski definition) is 6. The van der Waals surface area contributed by atoms with Crippen LogP contribution < -0.4 is 10.1 Å². The van der Waals surface area contributed by atoms with Gasteiger partial charge in [0.05, 0.1) is 4.92 Å². The Kier molecular flexibility index (Phi) is 3.85. The number of ether oxygens (including phenoxy) is 1. The molecule has 0 aliphatic carbocycles. The smallest absolute Gasteiger partial charge is 0.347 e. The van der Waals surface area contributed by atoms with Crippen LogP contribution in [0.4, 0.5) is 5.00 Å². The lowest BCUT2D eigenvalue weighted by molar-refractivity contribution is -0.380. The standard InChI is InChI=1S/C11H11N3O3S/c1-12-6-8-4-2-3-5-9(8)17-11-13-7-10(18-11)14(15)16/h2-5,7,12H,6H2,1H3. The summed E-state index contributed by atoms with van der Waals surface area (Å²) in [5.74, 6) is 0.649. The molecule has 94 valence electrons. The summed E-state index contributed by atoms with van der Waals surface area (Å²) >= 11 is 0.910. The molecule has 0 bridgehead atoms. The van der Waals surface area contributed by atoms with E-state index in [1.165, 1.54) is 6.20 Å². The maximum atomic E-state index is 10.5. The molecule has 1 N–H and O–H groups in total. The van der Waals surface area contributed by atoms with Crippen molar-refractivity contribution in [1.82, 2.24) is 10.3 Å². The molecule has 0 saturated heterocycles. The summed E-state index contributed by atoms with van der Waals surface area (Å²) < 4.78 is 5.56. The van der Waals surface area contributed by atoms with Crippen LogP contribution in [0.3, 0.4) is 0 Å². The third-order valence-electron chi connectivity index (χ3n) is 2.19. The van der Waals surface area contributed by atoms with Gasteiger partial charge in [0.15, 0.2) is 0 Å². The summed E-state index contributed by atoms with van der Waals surface area (Å²) in [4.78, 5) is 13.9. The molecule has 6 nitrogen and oxygen atoms in total. The van der Waals surface area contributed by atoms with Crippen molar-refractivity contribution in [2.45, 2.75) is 6.54 Å². The molecule has 7 heteroatoms. The van der Waals surface area contributed by atoms with E-state index in [9.17, 15) is 10.1 Å². The van der Waals surface area contributed by atoms with Crippen LogP contribution in [0.25, 0.3) is 0 Å². The molecule has 0 saturated carbocycles. The van der Waals surface area contributed by atoms with E-state index < -0.39 is 4.92 Å². The second-order valence-electron chi connectivity index (χ2n) is 3.46. The number of nitrogens with zero attached hydrogens (tertiary/aromatic N) is 2. The van der Waals surface area contributed by atoms with E-state index in [0.29, 0.717) is 12.3 Å². The largest absolute Gasteiger partial charge is 0.430 e. The van der Waals surface area contributed by atoms with Gasteiger partial charge in [0.2, 0.25) is 0 Å². The number of aromatic nitrogens is 1. The normalized spacial score (nSPS) is 10.3. The summed E-state index contributed by atoms with van der Waals surface area (Å²) in [5.41, 5.74) is 0.970. The Hall–Kier alpha value is -1.99. The van der Waals surface area contributed by atoms with E-state index in [2.05, 4.69) is 10.3 Å². The first-order chi connectivity index (χ1) is 8.70. The molecule has 2 rings (SSSR count). The molecule has 2 aromatic rings. The van der Waals surface area contributed by atoms with E-state index in [-0.39, 0.29) is 10.2 Å². The second-order valence-corrected chi connectivity index (χ2v) is 4.43. The average molecular weight is 265 g/mol. The lowest BCUT2D eigenvalue weighted by atomic mass is 10.2. The maximum absolute atomic E-state index is 10.5. The number of benzene rings is 1. The van der Waals surface area contributed by atoms with Crippen LogP contribution >= 0.6 is 11.3 Å². The topological polar surface area (TPSA) is 77.3 Å². The van der Waals surface area contributed by atoms with Gasteiger partial charge in [0.1, 0.15) is 11.9 Å². The number of rotatable bonds is 5. The summed E-state index contributed by atoms with van der Waals surface area (Å²) in [6.07, 6.45) is 1.20. The fraction of sp³-hybridized carbons (Fsp3) is 0.182. The van der Waals surface area contributed by atoms with Gasteiger partial charge < -0.3 is 10.1 Å². The van der Waals surface area contributed by atoms with Crippen molar-refractivity contribution in [1.29, 1.82) is 0 Å². The highest BCUT2D eigenvalue weighted by atomic mass is 32.1. The lowest BCUT2D eigenvalue weighted by Gasteiger charge is -2.07. The van der Waals surface area contributed by atoms with Crippen molar-refractivity contribution in [3.8, 4) is 10.9 Å². The van der Waals surface area contributed by atoms with Crippen LogP contribution in [0.1, 0.15) is 5.56 Å². The number of nitro groups is 1. The Morgan fingerprint density at radius 3 is 2.94 bits per heavy atom. The van der Waals surface area contributed by atoms with Crippen LogP contribution in [0, 0.1) is 10.1 Å². The van der Waals surface area contributed by atoms with Crippen molar-refractivity contribution >= 4 is 16.3 Å². The van der Waals surface area contributed by atoms with Crippen LogP contribution in [0.15, 0.2) is 30.5 Å². The molecule has 1 aromatic heterocycles. The molecule has 0 atom stereocenters. The molecule has 0 aliphatic rings. The van der Waals surface area contributed by atoms with E-state index in [4.69, 9.17) is 4.74 Å². The fourth-order valence-corrected chi connectivity index (χ4v) is 2.01. The minimum Gasteiger partial charge on any atom is -0.430 e. The molecule has 1 aromatic carbocycles. The third-order valence-corrected chi connectivity index (χ3v) is 3.02. The Morgan fingerprint density at radius 1 is 1.50 bits per heavy atom. The van der Waals surface area contributed by atoms with E-state index in [1.54, 1.807) is 6.07 Å². The zero-order valence-electron chi connectivity index (χ0n) is 9.62. The minimum atomic E-state index is -0.482. The van der Waals surface area contributed by atoms with E-state index in [1.807, 2.05) is 25.2 Å². The third kappa shape index (κ3) is 2.82. The molecule has 18 heavy (non-hydrogen) atoms. The highest BCUT2D eigenvalue weighted by Crippen LogP contribution is 2.32. The highest BCUT2D eigenvalue weighted by molar-refractivity contribution is 7.16. The van der Waals surface area contributed by atoms with Gasteiger partial charge in [-0.15, -0.1) is 0 Å². The molecular weight excluding hydrogens is 254 g/mol. The van der Waals surface area contributed by atoms with Gasteiger partial charge in [-0.2, -0.15) is 0 Å². The van der Waals surface area contributed by atoms with Crippen LogP contribution in [0.5, 0.6) is 10.9 Å². The zero-order chi connectivity index (χ0) is 13.0. The Morgan fingerprint density at radius 2 is 2.28 bits per heavy atom. The van der Waals surface area contributed by atoms with Gasteiger partial charge in [-0.05, 0) is 24.5 Å². The Labute approximate surface area is 107 Å². The SMILES string of the molecule is CNCc1ccccc1Oc1ncc([N+](=O)[O-])s1. The number of para-hydroxylation sites is 1. The minimum absolute atomic E-state index is 0.0314. The van der Waals surface area contributed by atoms with E-state index in [0.717, 1.165) is 16.9 Å². The van der Waals surface area contributed by atoms with Gasteiger partial charge in [0.25, 0.3) is 5.19 Å². The van der Waals surface area contributed by atoms with Gasteiger partial charge in [-0.3, -0.25) is 10.1 Å². The number of thiazole rings is 1. The molecule has 1 heterocycles. The number of hydrogen-bond donors (Lipinski definition) is 1.